The topological polar surface area (TPSA) is 41.9 Å². The molecule has 29 heavy (non-hydrogen) atoms. The maximum Gasteiger partial charge on any atom is 0.424 e. The highest BCUT2D eigenvalue weighted by Crippen LogP contribution is 2.38. The van der Waals surface area contributed by atoms with Crippen molar-refractivity contribution in [1.29, 1.82) is 0 Å². The number of carbonyl (C=O) groups excluding carboxylic acids is 1. The zero-order valence-electron chi connectivity index (χ0n) is 15.1. The zero-order valence-corrected chi connectivity index (χ0v) is 15.1. The predicted octanol–water partition coefficient (Wildman–Crippen LogP) is 4.86. The Kier molecular flexibility index (Phi) is 4.47. The number of methoxy groups -OCH3 is 1. The minimum atomic E-state index is -4.58. The minimum absolute atomic E-state index is 0.0314. The maximum absolute atomic E-state index is 13.2. The Morgan fingerprint density at radius 2 is 1.86 bits per heavy atom. The van der Waals surface area contributed by atoms with Crippen molar-refractivity contribution >= 4 is 23.0 Å². The number of benzene rings is 2. The van der Waals surface area contributed by atoms with Gasteiger partial charge in [-0.15, -0.1) is 0 Å². The fraction of sp³-hybridized carbons (Fsp3) is 0.0909. The van der Waals surface area contributed by atoms with E-state index in [4.69, 9.17) is 4.74 Å². The number of hydrogen-bond donors (Lipinski definition) is 0. The lowest BCUT2D eigenvalue weighted by molar-refractivity contribution is -0.111. The number of para-hydroxylation sites is 1. The Balaban J connectivity index is 1.83. The van der Waals surface area contributed by atoms with E-state index in [9.17, 15) is 18.0 Å². The molecule has 1 aliphatic carbocycles. The average molecular weight is 394 g/mol. The Morgan fingerprint density at radius 3 is 2.55 bits per heavy atom. The van der Waals surface area contributed by atoms with Gasteiger partial charge in [0.1, 0.15) is 17.0 Å². The number of rotatable bonds is 3. The Bertz CT molecular complexity index is 1160. The lowest BCUT2D eigenvalue weighted by atomic mass is 10.1. The molecule has 0 atom stereocenters. The van der Waals surface area contributed by atoms with Gasteiger partial charge in [-0.3, -0.25) is 9.69 Å². The van der Waals surface area contributed by atoms with Gasteiger partial charge in [-0.05, 0) is 30.3 Å². The van der Waals surface area contributed by atoms with E-state index in [2.05, 4.69) is 10.7 Å². The van der Waals surface area contributed by atoms with Crippen molar-refractivity contribution in [3.8, 4) is 5.75 Å². The van der Waals surface area contributed by atoms with Crippen LogP contribution in [0.2, 0.25) is 0 Å². The number of aliphatic imine (C=N–C) groups is 1. The van der Waals surface area contributed by atoms with Gasteiger partial charge in [0.2, 0.25) is 0 Å². The van der Waals surface area contributed by atoms with E-state index in [0.717, 1.165) is 6.08 Å². The number of nitrogens with zero attached hydrogens (tertiary/aromatic N) is 2. The predicted molar refractivity (Wildman–Crippen MR) is 102 cm³/mol. The molecule has 2 aromatic rings. The number of carbonyl (C=O) groups is 1. The molecule has 0 radical (unpaired) electrons. The van der Waals surface area contributed by atoms with E-state index in [-0.39, 0.29) is 11.4 Å². The second-order valence-electron chi connectivity index (χ2n) is 6.21. The summed E-state index contributed by atoms with van der Waals surface area (Å²) in [6, 6.07) is 13.9. The molecule has 0 unspecified atom stereocenters. The molecule has 1 aliphatic heterocycles. The van der Waals surface area contributed by atoms with Gasteiger partial charge in [-0.2, -0.15) is 13.2 Å². The van der Waals surface area contributed by atoms with Crippen molar-refractivity contribution in [3.63, 3.8) is 0 Å². The van der Waals surface area contributed by atoms with E-state index in [1.165, 1.54) is 18.1 Å². The van der Waals surface area contributed by atoms with Gasteiger partial charge in [-0.25, -0.2) is 4.99 Å². The number of anilines is 2. The standard InChI is InChI=1S/C22H13F3N2O2/c1-29-17-10-11-18-19(13-17)27(16-8-3-2-4-9-16)21(28)20(18)26-15-7-5-6-14(12-15)22(23,24)25/h2-4,7-13H,1H3. The fourth-order valence-corrected chi connectivity index (χ4v) is 3.06. The molecule has 7 heteroatoms. The van der Waals surface area contributed by atoms with Crippen LogP contribution in [-0.2, 0) is 4.79 Å². The van der Waals surface area contributed by atoms with Crippen LogP contribution < -0.4 is 9.64 Å². The minimum Gasteiger partial charge on any atom is -0.497 e. The van der Waals surface area contributed by atoms with Crippen LogP contribution in [0.4, 0.5) is 24.5 Å². The summed E-state index contributed by atoms with van der Waals surface area (Å²) >= 11 is 0. The molecular formula is C22H13F3N2O2. The molecule has 1 heterocycles. The molecule has 0 fully saturated rings. The smallest absolute Gasteiger partial charge is 0.424 e. The van der Waals surface area contributed by atoms with E-state index >= 15 is 0 Å². The van der Waals surface area contributed by atoms with Crippen molar-refractivity contribution in [2.24, 2.45) is 4.99 Å². The van der Waals surface area contributed by atoms with Crippen LogP contribution in [0, 0.1) is 0 Å². The van der Waals surface area contributed by atoms with Crippen LogP contribution >= 0.6 is 0 Å². The van der Waals surface area contributed by atoms with Crippen molar-refractivity contribution in [2.45, 2.75) is 6.18 Å². The van der Waals surface area contributed by atoms with Gasteiger partial charge in [0.25, 0.3) is 5.91 Å². The van der Waals surface area contributed by atoms with E-state index in [1.54, 1.807) is 42.5 Å². The Hall–Kier alpha value is -3.79. The average Bonchev–Trinajstić information content (AvgIpc) is 2.99. The third-order valence-corrected chi connectivity index (χ3v) is 4.39. The number of alkyl halides is 3. The lowest BCUT2D eigenvalue weighted by Crippen LogP contribution is -2.25. The summed E-state index contributed by atoms with van der Waals surface area (Å²) in [6.45, 7) is 0. The van der Waals surface area contributed by atoms with Gasteiger partial charge in [0.05, 0.1) is 18.5 Å². The van der Waals surface area contributed by atoms with Gasteiger partial charge in [0, 0.05) is 23.4 Å². The Morgan fingerprint density at radius 1 is 1.10 bits per heavy atom. The van der Waals surface area contributed by atoms with Crippen LogP contribution in [0.1, 0.15) is 5.56 Å². The molecule has 0 bridgehead atoms. The Labute approximate surface area is 164 Å². The summed E-state index contributed by atoms with van der Waals surface area (Å²) in [5, 5.41) is 0. The molecule has 2 aliphatic rings. The third-order valence-electron chi connectivity index (χ3n) is 4.39. The molecular weight excluding hydrogens is 381 g/mol. The highest BCUT2D eigenvalue weighted by molar-refractivity contribution is 6.56. The van der Waals surface area contributed by atoms with E-state index in [1.807, 2.05) is 11.8 Å². The van der Waals surface area contributed by atoms with Crippen LogP contribution in [0.5, 0.6) is 5.75 Å². The second kappa shape index (κ2) is 6.99. The number of ether oxygens (including phenoxy) is 1. The molecule has 144 valence electrons. The quantitative estimate of drug-likeness (QED) is 0.698. The molecule has 0 spiro atoms. The first-order chi connectivity index (χ1) is 13.9. The molecule has 0 saturated carbocycles. The number of fused-ring (bicyclic) bond motifs is 1. The second-order valence-corrected chi connectivity index (χ2v) is 6.21. The highest BCUT2D eigenvalue weighted by atomic mass is 19.4. The summed E-state index contributed by atoms with van der Waals surface area (Å²) in [5.41, 5.74) is 5.00. The maximum atomic E-state index is 13.2. The number of halogens is 3. The van der Waals surface area contributed by atoms with Crippen molar-refractivity contribution in [2.75, 3.05) is 12.0 Å². The monoisotopic (exact) mass is 394 g/mol. The highest BCUT2D eigenvalue weighted by Gasteiger charge is 2.36. The summed E-state index contributed by atoms with van der Waals surface area (Å²) in [7, 11) is 1.51. The number of hydrogen-bond acceptors (Lipinski definition) is 3. The largest absolute Gasteiger partial charge is 0.497 e. The normalized spacial score (nSPS) is 16.8. The van der Waals surface area contributed by atoms with Crippen LogP contribution in [0.25, 0.3) is 0 Å². The summed E-state index contributed by atoms with van der Waals surface area (Å²) < 4.78 is 44.2. The van der Waals surface area contributed by atoms with Crippen LogP contribution in [0.3, 0.4) is 0 Å². The van der Waals surface area contributed by atoms with Crippen molar-refractivity contribution < 1.29 is 22.7 Å². The molecule has 4 nitrogen and oxygen atoms in total. The van der Waals surface area contributed by atoms with Gasteiger partial charge in [-0.1, -0.05) is 29.7 Å². The van der Waals surface area contributed by atoms with E-state index in [0.29, 0.717) is 22.7 Å². The summed E-state index contributed by atoms with van der Waals surface area (Å²) in [6.07, 6.45) is -2.48. The first-order valence-corrected chi connectivity index (χ1v) is 8.55. The van der Waals surface area contributed by atoms with E-state index < -0.39 is 17.7 Å². The number of allylic oxidation sites excluding steroid dienone is 3. The first-order valence-electron chi connectivity index (χ1n) is 8.55. The fourth-order valence-electron chi connectivity index (χ4n) is 3.06. The zero-order chi connectivity index (χ0) is 20.6. The first kappa shape index (κ1) is 18.6. The number of amides is 1. The van der Waals surface area contributed by atoms with Gasteiger partial charge >= 0.3 is 6.18 Å². The molecule has 0 aromatic heterocycles. The molecule has 0 N–H and O–H groups in total. The van der Waals surface area contributed by atoms with Crippen LogP contribution in [0.15, 0.2) is 88.4 Å². The molecule has 1 amide bonds. The van der Waals surface area contributed by atoms with Gasteiger partial charge < -0.3 is 4.74 Å². The molecule has 2 aromatic carbocycles. The molecule has 4 rings (SSSR count). The summed E-state index contributed by atoms with van der Waals surface area (Å²) in [5.74, 6) is 0.0987. The van der Waals surface area contributed by atoms with Crippen molar-refractivity contribution in [3.05, 3.63) is 89.0 Å². The third kappa shape index (κ3) is 3.41. The summed E-state index contributed by atoms with van der Waals surface area (Å²) in [4.78, 5) is 18.8. The van der Waals surface area contributed by atoms with Gasteiger partial charge in [0.15, 0.2) is 0 Å². The molecule has 0 saturated heterocycles. The SMILES string of the molecule is COc1ccc2c(c1)N(c1ccccc1)C(=O)C2=NC1=CC(C(F)(F)F)=C=C=C1. The van der Waals surface area contributed by atoms with Crippen LogP contribution in [-0.4, -0.2) is 24.9 Å². The lowest BCUT2D eigenvalue weighted by Gasteiger charge is -2.17. The van der Waals surface area contributed by atoms with Crippen molar-refractivity contribution in [1.82, 2.24) is 0 Å².